The number of amidine groups is 1. The van der Waals surface area contributed by atoms with Crippen LogP contribution in [0.4, 0.5) is 0 Å². The molecule has 0 spiro atoms. The van der Waals surface area contributed by atoms with Crippen LogP contribution < -0.4 is 4.74 Å². The van der Waals surface area contributed by atoms with Crippen LogP contribution in [0.15, 0.2) is 59.6 Å². The number of carbonyl (C=O) groups is 1. The molecular weight excluding hydrogens is 408 g/mol. The standard InChI is InChI=1S/C21H22N2O4S2/c1-27-18-10-6-5-9-16(18)11-20(24)22-21-23(12-15-7-3-2-4-8-15)17-13-29(25,26)14-19(17)28-21/h2-10,17,19H,11-14H2,1H3/t17-,19+/m1/s1. The third kappa shape index (κ3) is 4.48. The van der Waals surface area contributed by atoms with Gasteiger partial charge < -0.3 is 9.64 Å². The number of para-hydroxylation sites is 1. The Hall–Kier alpha value is -2.32. The molecule has 1 amide bonds. The molecule has 0 N–H and O–H groups in total. The number of sulfone groups is 1. The molecule has 0 radical (unpaired) electrons. The van der Waals surface area contributed by atoms with Crippen molar-refractivity contribution in [2.24, 2.45) is 4.99 Å². The summed E-state index contributed by atoms with van der Waals surface area (Å²) < 4.78 is 29.6. The van der Waals surface area contributed by atoms with Crippen LogP contribution in [-0.4, -0.2) is 54.3 Å². The molecule has 2 aromatic carbocycles. The number of hydrogen-bond donors (Lipinski definition) is 0. The monoisotopic (exact) mass is 430 g/mol. The van der Waals surface area contributed by atoms with Gasteiger partial charge in [-0.25, -0.2) is 8.42 Å². The van der Waals surface area contributed by atoms with Crippen molar-refractivity contribution in [3.8, 4) is 5.75 Å². The highest BCUT2D eigenvalue weighted by Gasteiger charge is 2.48. The first-order valence-corrected chi connectivity index (χ1v) is 12.1. The van der Waals surface area contributed by atoms with Gasteiger partial charge in [-0.2, -0.15) is 4.99 Å². The number of fused-ring (bicyclic) bond motifs is 1. The first-order chi connectivity index (χ1) is 13.9. The average Bonchev–Trinajstić information content (AvgIpc) is 3.15. The van der Waals surface area contributed by atoms with E-state index in [0.29, 0.717) is 17.5 Å². The summed E-state index contributed by atoms with van der Waals surface area (Å²) in [6, 6.07) is 17.1. The first-order valence-electron chi connectivity index (χ1n) is 9.36. The van der Waals surface area contributed by atoms with E-state index in [4.69, 9.17) is 4.74 Å². The normalized spacial score (nSPS) is 23.9. The Morgan fingerprint density at radius 1 is 1.14 bits per heavy atom. The lowest BCUT2D eigenvalue weighted by molar-refractivity contribution is -0.117. The molecule has 29 heavy (non-hydrogen) atoms. The van der Waals surface area contributed by atoms with Gasteiger partial charge in [0.1, 0.15) is 5.75 Å². The lowest BCUT2D eigenvalue weighted by Gasteiger charge is -2.24. The van der Waals surface area contributed by atoms with Gasteiger partial charge in [0.15, 0.2) is 15.0 Å². The fourth-order valence-corrected chi connectivity index (χ4v) is 7.73. The van der Waals surface area contributed by atoms with Gasteiger partial charge >= 0.3 is 0 Å². The topological polar surface area (TPSA) is 76.0 Å². The minimum Gasteiger partial charge on any atom is -0.496 e. The lowest BCUT2D eigenvalue weighted by atomic mass is 10.1. The van der Waals surface area contributed by atoms with Crippen molar-refractivity contribution in [1.29, 1.82) is 0 Å². The van der Waals surface area contributed by atoms with Crippen LogP contribution >= 0.6 is 11.8 Å². The molecule has 0 aliphatic carbocycles. The van der Waals surface area contributed by atoms with E-state index in [0.717, 1.165) is 11.1 Å². The molecule has 2 atom stereocenters. The van der Waals surface area contributed by atoms with E-state index in [1.807, 2.05) is 59.5 Å². The lowest BCUT2D eigenvalue weighted by Crippen LogP contribution is -2.37. The van der Waals surface area contributed by atoms with Crippen molar-refractivity contribution in [2.45, 2.75) is 24.3 Å². The van der Waals surface area contributed by atoms with Crippen molar-refractivity contribution in [3.63, 3.8) is 0 Å². The van der Waals surface area contributed by atoms with Gasteiger partial charge in [-0.15, -0.1) is 0 Å². The van der Waals surface area contributed by atoms with E-state index in [-0.39, 0.29) is 35.1 Å². The number of amides is 1. The zero-order valence-corrected chi connectivity index (χ0v) is 17.7. The van der Waals surface area contributed by atoms with Gasteiger partial charge in [-0.3, -0.25) is 4.79 Å². The van der Waals surface area contributed by atoms with Crippen LogP contribution in [0, 0.1) is 0 Å². The molecule has 0 bridgehead atoms. The van der Waals surface area contributed by atoms with Crippen molar-refractivity contribution in [1.82, 2.24) is 4.90 Å². The summed E-state index contributed by atoms with van der Waals surface area (Å²) in [6.45, 7) is 0.533. The number of aliphatic imine (C=N–C) groups is 1. The fraction of sp³-hybridized carbons (Fsp3) is 0.333. The number of thioether (sulfide) groups is 1. The molecule has 0 saturated carbocycles. The summed E-state index contributed by atoms with van der Waals surface area (Å²) >= 11 is 1.40. The molecule has 2 aliphatic heterocycles. The second kappa shape index (κ2) is 8.20. The van der Waals surface area contributed by atoms with E-state index in [2.05, 4.69) is 4.99 Å². The molecule has 2 heterocycles. The van der Waals surface area contributed by atoms with Crippen molar-refractivity contribution in [3.05, 3.63) is 65.7 Å². The summed E-state index contributed by atoms with van der Waals surface area (Å²) in [4.78, 5) is 19.0. The maximum atomic E-state index is 12.7. The predicted molar refractivity (Wildman–Crippen MR) is 115 cm³/mol. The molecule has 0 aromatic heterocycles. The Morgan fingerprint density at radius 3 is 2.62 bits per heavy atom. The highest BCUT2D eigenvalue weighted by Crippen LogP contribution is 2.39. The Labute approximate surface area is 174 Å². The second-order valence-corrected chi connectivity index (χ2v) is 10.6. The maximum Gasteiger partial charge on any atom is 0.252 e. The number of ether oxygens (including phenoxy) is 1. The third-order valence-corrected chi connectivity index (χ3v) is 8.37. The highest BCUT2D eigenvalue weighted by molar-refractivity contribution is 8.15. The molecule has 6 nitrogen and oxygen atoms in total. The SMILES string of the molecule is COc1ccccc1CC(=O)N=C1S[C@H]2CS(=O)(=O)C[C@H]2N1Cc1ccccc1. The zero-order chi connectivity index (χ0) is 20.4. The van der Waals surface area contributed by atoms with Gasteiger partial charge in [-0.05, 0) is 11.6 Å². The minimum absolute atomic E-state index is 0.0819. The van der Waals surface area contributed by atoms with Crippen LogP contribution in [0.25, 0.3) is 0 Å². The summed E-state index contributed by atoms with van der Waals surface area (Å²) in [5.74, 6) is 0.631. The predicted octanol–water partition coefficient (Wildman–Crippen LogP) is 2.53. The largest absolute Gasteiger partial charge is 0.496 e. The number of methoxy groups -OCH3 is 1. The zero-order valence-electron chi connectivity index (χ0n) is 16.0. The summed E-state index contributed by atoms with van der Waals surface area (Å²) in [6.07, 6.45) is 0.140. The van der Waals surface area contributed by atoms with E-state index < -0.39 is 9.84 Å². The van der Waals surface area contributed by atoms with Gasteiger partial charge in [0.25, 0.3) is 5.91 Å². The van der Waals surface area contributed by atoms with Gasteiger partial charge in [-0.1, -0.05) is 60.3 Å². The van der Waals surface area contributed by atoms with E-state index in [9.17, 15) is 13.2 Å². The Balaban J connectivity index is 1.58. The summed E-state index contributed by atoms with van der Waals surface area (Å²) in [5.41, 5.74) is 1.84. The molecule has 152 valence electrons. The van der Waals surface area contributed by atoms with Crippen LogP contribution in [0.5, 0.6) is 5.75 Å². The molecule has 2 saturated heterocycles. The van der Waals surface area contributed by atoms with E-state index in [1.165, 1.54) is 11.8 Å². The van der Waals surface area contributed by atoms with Crippen molar-refractivity contribution in [2.75, 3.05) is 18.6 Å². The molecule has 2 aromatic rings. The van der Waals surface area contributed by atoms with Crippen molar-refractivity contribution < 1.29 is 17.9 Å². The third-order valence-electron chi connectivity index (χ3n) is 5.13. The quantitative estimate of drug-likeness (QED) is 0.726. The van der Waals surface area contributed by atoms with Gasteiger partial charge in [0, 0.05) is 17.4 Å². The molecular formula is C21H22N2O4S2. The number of rotatable bonds is 5. The Kier molecular flexibility index (Phi) is 5.65. The average molecular weight is 431 g/mol. The van der Waals surface area contributed by atoms with Crippen LogP contribution in [0.1, 0.15) is 11.1 Å². The van der Waals surface area contributed by atoms with Crippen molar-refractivity contribution >= 4 is 32.7 Å². The second-order valence-electron chi connectivity index (χ2n) is 7.19. The molecule has 8 heteroatoms. The molecule has 4 rings (SSSR count). The maximum absolute atomic E-state index is 12.7. The summed E-state index contributed by atoms with van der Waals surface area (Å²) in [5, 5.41) is 0.528. The smallest absolute Gasteiger partial charge is 0.252 e. The number of benzene rings is 2. The summed E-state index contributed by atoms with van der Waals surface area (Å²) in [7, 11) is -1.48. The Morgan fingerprint density at radius 2 is 1.86 bits per heavy atom. The molecule has 0 unspecified atom stereocenters. The molecule has 2 aliphatic rings. The minimum atomic E-state index is -3.06. The fourth-order valence-electron chi connectivity index (χ4n) is 3.76. The number of nitrogens with zero attached hydrogens (tertiary/aromatic N) is 2. The Bertz CT molecular complexity index is 1040. The van der Waals surface area contributed by atoms with E-state index in [1.54, 1.807) is 7.11 Å². The van der Waals surface area contributed by atoms with Crippen LogP contribution in [0.3, 0.4) is 0 Å². The number of hydrogen-bond acceptors (Lipinski definition) is 5. The van der Waals surface area contributed by atoms with Crippen LogP contribution in [-0.2, 0) is 27.6 Å². The first kappa shape index (κ1) is 20.0. The molecule has 2 fully saturated rings. The van der Waals surface area contributed by atoms with Gasteiger partial charge in [0.05, 0.1) is 31.1 Å². The van der Waals surface area contributed by atoms with Crippen LogP contribution in [0.2, 0.25) is 0 Å². The van der Waals surface area contributed by atoms with Gasteiger partial charge in [0.2, 0.25) is 0 Å². The number of carbonyl (C=O) groups excluding carboxylic acids is 1. The highest BCUT2D eigenvalue weighted by atomic mass is 32.2. The van der Waals surface area contributed by atoms with E-state index >= 15 is 0 Å².